The van der Waals surface area contributed by atoms with Crippen molar-refractivity contribution in [3.8, 4) is 17.0 Å². The number of hydrogen-bond donors (Lipinski definition) is 2. The second-order valence-electron chi connectivity index (χ2n) is 4.72. The van der Waals surface area contributed by atoms with Gasteiger partial charge in [0.2, 0.25) is 0 Å². The number of carbonyl (C=O) groups is 1. The van der Waals surface area contributed by atoms with Gasteiger partial charge in [0.1, 0.15) is 0 Å². The molecule has 1 atom stereocenters. The number of carboxylic acid groups (broad SMARTS) is 1. The van der Waals surface area contributed by atoms with Crippen LogP contribution in [0.1, 0.15) is 17.4 Å². The summed E-state index contributed by atoms with van der Waals surface area (Å²) < 4.78 is 25.0. The van der Waals surface area contributed by atoms with E-state index < -0.39 is 23.8 Å². The van der Waals surface area contributed by atoms with Crippen molar-refractivity contribution in [2.24, 2.45) is 0 Å². The van der Waals surface area contributed by atoms with Crippen LogP contribution in [-0.2, 0) is 4.74 Å². The number of aromatic nitrogens is 1. The highest BCUT2D eigenvalue weighted by Crippen LogP contribution is 2.37. The van der Waals surface area contributed by atoms with Gasteiger partial charge in [-0.15, -0.1) is 0 Å². The number of rotatable bonds is 5. The summed E-state index contributed by atoms with van der Waals surface area (Å²) in [5.74, 6) is -2.44. The fourth-order valence-electron chi connectivity index (χ4n) is 1.88. The highest BCUT2D eigenvalue weighted by Gasteiger charge is 2.21. The molecule has 0 aliphatic carbocycles. The van der Waals surface area contributed by atoms with Gasteiger partial charge in [-0.2, -0.15) is 0 Å². The lowest BCUT2D eigenvalue weighted by molar-refractivity contribution is -0.0402. The van der Waals surface area contributed by atoms with Crippen LogP contribution in [-0.4, -0.2) is 29.5 Å². The van der Waals surface area contributed by atoms with E-state index in [1.54, 1.807) is 6.92 Å². The third kappa shape index (κ3) is 3.53. The van der Waals surface area contributed by atoms with Gasteiger partial charge in [-0.3, -0.25) is 0 Å². The molecule has 0 radical (unpaired) electrons. The average molecular weight is 375 g/mol. The molecular weight excluding hydrogens is 362 g/mol. The van der Waals surface area contributed by atoms with Crippen LogP contribution < -0.4 is 10.5 Å². The van der Waals surface area contributed by atoms with Crippen molar-refractivity contribution in [1.82, 2.24) is 4.98 Å². The minimum absolute atomic E-state index is 0.0154. The predicted octanol–water partition coefficient (Wildman–Crippen LogP) is 3.85. The Hall–Kier alpha value is -2.09. The van der Waals surface area contributed by atoms with Crippen molar-refractivity contribution in [3.05, 3.63) is 39.8 Å². The fourth-order valence-corrected chi connectivity index (χ4v) is 2.25. The summed E-state index contributed by atoms with van der Waals surface area (Å²) in [5.41, 5.74) is 5.11. The van der Waals surface area contributed by atoms with Crippen LogP contribution in [0.5, 0.6) is 5.75 Å². The van der Waals surface area contributed by atoms with Gasteiger partial charge in [-0.05, 0) is 25.1 Å². The van der Waals surface area contributed by atoms with Gasteiger partial charge in [0, 0.05) is 12.7 Å². The van der Waals surface area contributed by atoms with Crippen LogP contribution in [0.15, 0.2) is 18.2 Å². The molecule has 0 saturated heterocycles. The SMILES string of the molecule is COC(C)Oc1c(Cl)ccc(-c2cc(N)c(Cl)c(C(=O)O)n2)c1F. The molecule has 3 N–H and O–H groups in total. The number of hydrogen-bond acceptors (Lipinski definition) is 5. The largest absolute Gasteiger partial charge is 0.476 e. The number of methoxy groups -OCH3 is 1. The van der Waals surface area contributed by atoms with Crippen molar-refractivity contribution in [2.45, 2.75) is 13.2 Å². The standard InChI is InChI=1S/C15H13Cl2FN2O4/c1-6(23-2)24-14-8(16)4-3-7(12(14)18)10-5-9(19)11(17)13(20-10)15(21)22/h3-6H,1-2H3,(H2,19,20)(H,21,22). The molecule has 1 unspecified atom stereocenters. The molecule has 2 aromatic rings. The maximum absolute atomic E-state index is 14.8. The summed E-state index contributed by atoms with van der Waals surface area (Å²) in [5, 5.41) is 8.93. The molecule has 2 rings (SSSR count). The maximum atomic E-state index is 14.8. The molecule has 6 nitrogen and oxygen atoms in total. The van der Waals surface area contributed by atoms with Gasteiger partial charge in [0.05, 0.1) is 21.4 Å². The van der Waals surface area contributed by atoms with E-state index >= 15 is 0 Å². The number of nitrogens with zero attached hydrogens (tertiary/aromatic N) is 1. The van der Waals surface area contributed by atoms with E-state index in [1.807, 2.05) is 0 Å². The zero-order valence-electron chi connectivity index (χ0n) is 12.6. The summed E-state index contributed by atoms with van der Waals surface area (Å²) >= 11 is 11.8. The molecule has 1 heterocycles. The summed E-state index contributed by atoms with van der Waals surface area (Å²) in [6, 6.07) is 4.00. The minimum atomic E-state index is -1.38. The summed E-state index contributed by atoms with van der Waals surface area (Å²) in [6.07, 6.45) is -0.745. The van der Waals surface area contributed by atoms with Crippen LogP contribution in [0.2, 0.25) is 10.0 Å². The molecule has 0 fully saturated rings. The number of benzene rings is 1. The fraction of sp³-hybridized carbons (Fsp3) is 0.200. The van der Waals surface area contributed by atoms with Crippen LogP contribution in [0, 0.1) is 5.82 Å². The third-order valence-electron chi connectivity index (χ3n) is 3.13. The summed E-state index contributed by atoms with van der Waals surface area (Å²) in [6.45, 7) is 1.56. The number of aromatic carboxylic acids is 1. The molecule has 1 aromatic heterocycles. The van der Waals surface area contributed by atoms with Crippen molar-refractivity contribution in [2.75, 3.05) is 12.8 Å². The van der Waals surface area contributed by atoms with Gasteiger partial charge < -0.3 is 20.3 Å². The molecule has 0 saturated carbocycles. The molecule has 0 bridgehead atoms. The average Bonchev–Trinajstić information content (AvgIpc) is 2.53. The predicted molar refractivity (Wildman–Crippen MR) is 88.1 cm³/mol. The van der Waals surface area contributed by atoms with E-state index in [4.69, 9.17) is 43.5 Å². The van der Waals surface area contributed by atoms with Gasteiger partial charge >= 0.3 is 5.97 Å². The molecule has 128 valence electrons. The number of pyridine rings is 1. The quantitative estimate of drug-likeness (QED) is 0.771. The number of carboxylic acids is 1. The number of nitrogens with two attached hydrogens (primary N) is 1. The van der Waals surface area contributed by atoms with Crippen LogP contribution in [0.25, 0.3) is 11.3 Å². The lowest BCUT2D eigenvalue weighted by Crippen LogP contribution is -2.15. The van der Waals surface area contributed by atoms with Crippen molar-refractivity contribution in [3.63, 3.8) is 0 Å². The molecule has 24 heavy (non-hydrogen) atoms. The molecule has 1 aromatic carbocycles. The van der Waals surface area contributed by atoms with Gasteiger partial charge in [-0.25, -0.2) is 14.2 Å². The normalized spacial score (nSPS) is 12.0. The Morgan fingerprint density at radius 3 is 2.67 bits per heavy atom. The molecule has 0 aliphatic heterocycles. The van der Waals surface area contributed by atoms with Gasteiger partial charge in [0.25, 0.3) is 0 Å². The first-order valence-corrected chi connectivity index (χ1v) is 7.39. The maximum Gasteiger partial charge on any atom is 0.356 e. The van der Waals surface area contributed by atoms with Gasteiger partial charge in [0.15, 0.2) is 23.6 Å². The van der Waals surface area contributed by atoms with Crippen molar-refractivity contribution < 1.29 is 23.8 Å². The highest BCUT2D eigenvalue weighted by molar-refractivity contribution is 6.35. The van der Waals surface area contributed by atoms with E-state index in [-0.39, 0.29) is 32.7 Å². The number of anilines is 1. The van der Waals surface area contributed by atoms with Crippen molar-refractivity contribution >= 4 is 34.9 Å². The second kappa shape index (κ2) is 7.21. The topological polar surface area (TPSA) is 94.7 Å². The molecule has 9 heteroatoms. The first kappa shape index (κ1) is 18.3. The molecular formula is C15H13Cl2FN2O4. The van der Waals surface area contributed by atoms with Gasteiger partial charge in [-0.1, -0.05) is 23.2 Å². The monoisotopic (exact) mass is 374 g/mol. The lowest BCUT2D eigenvalue weighted by atomic mass is 10.1. The van der Waals surface area contributed by atoms with Crippen molar-refractivity contribution in [1.29, 1.82) is 0 Å². The zero-order chi connectivity index (χ0) is 18.0. The summed E-state index contributed by atoms with van der Waals surface area (Å²) in [4.78, 5) is 15.0. The zero-order valence-corrected chi connectivity index (χ0v) is 14.2. The van der Waals surface area contributed by atoms with E-state index in [1.165, 1.54) is 25.3 Å². The Morgan fingerprint density at radius 1 is 1.42 bits per heavy atom. The highest BCUT2D eigenvalue weighted by atomic mass is 35.5. The Balaban J connectivity index is 2.61. The second-order valence-corrected chi connectivity index (χ2v) is 5.51. The van der Waals surface area contributed by atoms with E-state index in [9.17, 15) is 9.18 Å². The molecule has 0 aliphatic rings. The summed E-state index contributed by atoms with van der Waals surface area (Å²) in [7, 11) is 1.39. The number of halogens is 3. The smallest absolute Gasteiger partial charge is 0.356 e. The molecule has 0 spiro atoms. The Kier molecular flexibility index (Phi) is 5.48. The minimum Gasteiger partial charge on any atom is -0.476 e. The Labute approximate surface area is 146 Å². The van der Waals surface area contributed by atoms with E-state index in [0.29, 0.717) is 0 Å². The van der Waals surface area contributed by atoms with Crippen LogP contribution in [0.4, 0.5) is 10.1 Å². The number of ether oxygens (including phenoxy) is 2. The van der Waals surface area contributed by atoms with E-state index in [0.717, 1.165) is 0 Å². The Morgan fingerprint density at radius 2 is 2.08 bits per heavy atom. The van der Waals surface area contributed by atoms with Crippen LogP contribution >= 0.6 is 23.2 Å². The lowest BCUT2D eigenvalue weighted by Gasteiger charge is -2.16. The third-order valence-corrected chi connectivity index (χ3v) is 3.82. The Bertz CT molecular complexity index is 802. The van der Waals surface area contributed by atoms with Crippen LogP contribution in [0.3, 0.4) is 0 Å². The first-order chi connectivity index (χ1) is 11.3. The van der Waals surface area contributed by atoms with E-state index in [2.05, 4.69) is 4.98 Å². The first-order valence-electron chi connectivity index (χ1n) is 6.63. The molecule has 0 amide bonds. The number of nitrogen functional groups attached to an aromatic ring is 1.